The molecule has 0 aliphatic heterocycles. The molecule has 0 radical (unpaired) electrons. The molecule has 2 nitrogen and oxygen atoms in total. The van der Waals surface area contributed by atoms with Crippen LogP contribution in [0.4, 0.5) is 4.39 Å². The van der Waals surface area contributed by atoms with E-state index in [1.54, 1.807) is 17.7 Å². The van der Waals surface area contributed by atoms with E-state index < -0.39 is 13.9 Å². The highest BCUT2D eigenvalue weighted by Gasteiger charge is 2.16. The van der Waals surface area contributed by atoms with Crippen molar-refractivity contribution in [3.05, 3.63) is 28.3 Å². The minimum absolute atomic E-state index is 0.0845. The first-order valence-electron chi connectivity index (χ1n) is 6.05. The zero-order valence-corrected chi connectivity index (χ0v) is 13.5. The molecule has 0 aliphatic carbocycles. The number of aromatic nitrogens is 2. The number of nitrogens with zero attached hydrogens (tertiary/aromatic N) is 2. The Kier molecular flexibility index (Phi) is 3.46. The van der Waals surface area contributed by atoms with Gasteiger partial charge in [0.25, 0.3) is 0 Å². The zero-order chi connectivity index (χ0) is 14.4. The highest BCUT2D eigenvalue weighted by atomic mass is 35.5. The van der Waals surface area contributed by atoms with Crippen molar-refractivity contribution >= 4 is 30.7 Å². The predicted molar refractivity (Wildman–Crippen MR) is 80.6 cm³/mol. The topological polar surface area (TPSA) is 17.8 Å². The monoisotopic (exact) mass is 294 g/mol. The SMILES string of the molecule is Cc1nc2cc(C#C[Si](C)(C)C)c(Cl)c(F)c2n1C. The number of hydrogen-bond acceptors (Lipinski definition) is 1. The average Bonchev–Trinajstić information content (AvgIpc) is 2.57. The van der Waals surface area contributed by atoms with Crippen molar-refractivity contribution in [3.63, 3.8) is 0 Å². The van der Waals surface area contributed by atoms with Gasteiger partial charge in [-0.05, 0) is 13.0 Å². The zero-order valence-electron chi connectivity index (χ0n) is 11.7. The van der Waals surface area contributed by atoms with Crippen LogP contribution < -0.4 is 0 Å². The summed E-state index contributed by atoms with van der Waals surface area (Å²) in [6, 6.07) is 1.76. The van der Waals surface area contributed by atoms with Gasteiger partial charge in [0.15, 0.2) is 5.82 Å². The Hall–Kier alpha value is -1.31. The van der Waals surface area contributed by atoms with Crippen LogP contribution in [-0.4, -0.2) is 17.6 Å². The summed E-state index contributed by atoms with van der Waals surface area (Å²) in [5, 5.41) is 0.0845. The van der Waals surface area contributed by atoms with Crippen molar-refractivity contribution in [2.75, 3.05) is 0 Å². The van der Waals surface area contributed by atoms with E-state index in [2.05, 4.69) is 36.1 Å². The molecule has 0 spiro atoms. The second kappa shape index (κ2) is 4.66. The number of hydrogen-bond donors (Lipinski definition) is 0. The summed E-state index contributed by atoms with van der Waals surface area (Å²) in [5.74, 6) is 3.31. The van der Waals surface area contributed by atoms with Crippen LogP contribution in [0.1, 0.15) is 11.4 Å². The fraction of sp³-hybridized carbons (Fsp3) is 0.357. The third-order valence-corrected chi connectivity index (χ3v) is 4.08. The molecule has 1 heterocycles. The summed E-state index contributed by atoms with van der Waals surface area (Å²) in [6.07, 6.45) is 0. The third kappa shape index (κ3) is 2.67. The van der Waals surface area contributed by atoms with Crippen LogP contribution in [0.25, 0.3) is 11.0 Å². The lowest BCUT2D eigenvalue weighted by molar-refractivity contribution is 0.631. The molecule has 0 unspecified atom stereocenters. The first-order chi connectivity index (χ1) is 8.70. The van der Waals surface area contributed by atoms with E-state index in [0.29, 0.717) is 16.6 Å². The van der Waals surface area contributed by atoms with Crippen LogP contribution in [0.3, 0.4) is 0 Å². The molecule has 19 heavy (non-hydrogen) atoms. The van der Waals surface area contributed by atoms with Gasteiger partial charge in [-0.2, -0.15) is 0 Å². The second-order valence-electron chi connectivity index (χ2n) is 5.64. The first kappa shape index (κ1) is 14.1. The highest BCUT2D eigenvalue weighted by molar-refractivity contribution is 6.83. The Balaban J connectivity index is 2.71. The Morgan fingerprint density at radius 2 is 2.00 bits per heavy atom. The molecule has 0 fully saturated rings. The summed E-state index contributed by atoms with van der Waals surface area (Å²) >= 11 is 6.08. The van der Waals surface area contributed by atoms with Crippen molar-refractivity contribution < 1.29 is 4.39 Å². The molecule has 2 rings (SSSR count). The fourth-order valence-electron chi connectivity index (χ4n) is 1.76. The smallest absolute Gasteiger partial charge is 0.168 e. The van der Waals surface area contributed by atoms with Crippen LogP contribution in [0.2, 0.25) is 24.7 Å². The maximum atomic E-state index is 14.3. The predicted octanol–water partition coefficient (Wildman–Crippen LogP) is 3.90. The first-order valence-corrected chi connectivity index (χ1v) is 9.92. The number of rotatable bonds is 0. The van der Waals surface area contributed by atoms with E-state index in [0.717, 1.165) is 5.82 Å². The van der Waals surface area contributed by atoms with E-state index in [1.165, 1.54) is 0 Å². The van der Waals surface area contributed by atoms with Crippen molar-refractivity contribution in [1.82, 2.24) is 9.55 Å². The van der Waals surface area contributed by atoms with Gasteiger partial charge in [0.05, 0.1) is 10.5 Å². The summed E-state index contributed by atoms with van der Waals surface area (Å²) in [5.41, 5.74) is 4.75. The largest absolute Gasteiger partial charge is 0.329 e. The summed E-state index contributed by atoms with van der Waals surface area (Å²) in [6.45, 7) is 8.23. The molecule has 0 saturated heterocycles. The van der Waals surface area contributed by atoms with Gasteiger partial charge >= 0.3 is 0 Å². The molecule has 0 bridgehead atoms. The van der Waals surface area contributed by atoms with E-state index in [4.69, 9.17) is 11.6 Å². The number of aryl methyl sites for hydroxylation is 2. The van der Waals surface area contributed by atoms with Crippen molar-refractivity contribution in [2.24, 2.45) is 7.05 Å². The number of benzene rings is 1. The summed E-state index contributed by atoms with van der Waals surface area (Å²) in [4.78, 5) is 4.33. The van der Waals surface area contributed by atoms with Crippen LogP contribution >= 0.6 is 11.6 Å². The summed E-state index contributed by atoms with van der Waals surface area (Å²) in [7, 11) is 0.254. The lowest BCUT2D eigenvalue weighted by Gasteiger charge is -2.05. The fourth-order valence-corrected chi connectivity index (χ4v) is 2.47. The number of halogens is 2. The highest BCUT2D eigenvalue weighted by Crippen LogP contribution is 2.28. The lowest BCUT2D eigenvalue weighted by Crippen LogP contribution is -2.16. The van der Waals surface area contributed by atoms with Gasteiger partial charge in [0.2, 0.25) is 0 Å². The van der Waals surface area contributed by atoms with Crippen LogP contribution in [0.15, 0.2) is 6.07 Å². The van der Waals surface area contributed by atoms with Crippen LogP contribution in [0, 0.1) is 24.2 Å². The quantitative estimate of drug-likeness (QED) is 0.532. The minimum atomic E-state index is -1.52. The molecule has 0 N–H and O–H groups in total. The number of imidazole rings is 1. The molecular weight excluding hydrogens is 279 g/mol. The van der Waals surface area contributed by atoms with Gasteiger partial charge in [0.1, 0.15) is 19.4 Å². The van der Waals surface area contributed by atoms with Crippen molar-refractivity contribution in [3.8, 4) is 11.5 Å². The van der Waals surface area contributed by atoms with Crippen molar-refractivity contribution in [2.45, 2.75) is 26.6 Å². The van der Waals surface area contributed by atoms with E-state index >= 15 is 0 Å². The molecule has 1 aromatic heterocycles. The lowest BCUT2D eigenvalue weighted by atomic mass is 10.2. The normalized spacial score (nSPS) is 11.5. The third-order valence-electron chi connectivity index (χ3n) is 2.84. The summed E-state index contributed by atoms with van der Waals surface area (Å²) < 4.78 is 16.0. The van der Waals surface area contributed by atoms with E-state index in [-0.39, 0.29) is 5.02 Å². The van der Waals surface area contributed by atoms with Gasteiger partial charge in [0, 0.05) is 12.6 Å². The second-order valence-corrected chi connectivity index (χ2v) is 10.8. The Morgan fingerprint density at radius 1 is 1.37 bits per heavy atom. The standard InChI is InChI=1S/C14H16ClFN2Si/c1-9-17-11-8-10(6-7-19(3,4)5)12(15)13(16)14(11)18(9)2/h8H,1-5H3. The number of fused-ring (bicyclic) bond motifs is 1. The molecule has 5 heteroatoms. The van der Waals surface area contributed by atoms with Gasteiger partial charge in [-0.1, -0.05) is 37.2 Å². The molecule has 0 aliphatic rings. The van der Waals surface area contributed by atoms with Gasteiger partial charge in [-0.25, -0.2) is 9.37 Å². The van der Waals surface area contributed by atoms with Crippen LogP contribution in [-0.2, 0) is 7.05 Å². The Bertz CT molecular complexity index is 717. The Morgan fingerprint density at radius 3 is 2.58 bits per heavy atom. The van der Waals surface area contributed by atoms with Crippen LogP contribution in [0.5, 0.6) is 0 Å². The molecule has 2 aromatic rings. The molecular formula is C14H16ClFN2Si. The maximum Gasteiger partial charge on any atom is 0.168 e. The molecule has 0 saturated carbocycles. The van der Waals surface area contributed by atoms with Gasteiger partial charge < -0.3 is 4.57 Å². The molecule has 100 valence electrons. The maximum absolute atomic E-state index is 14.3. The molecule has 1 aromatic carbocycles. The molecule has 0 amide bonds. The van der Waals surface area contributed by atoms with E-state index in [1.807, 2.05) is 6.92 Å². The van der Waals surface area contributed by atoms with Gasteiger partial charge in [-0.3, -0.25) is 0 Å². The minimum Gasteiger partial charge on any atom is -0.329 e. The Labute approximate surface area is 118 Å². The average molecular weight is 295 g/mol. The van der Waals surface area contributed by atoms with Crippen molar-refractivity contribution in [1.29, 1.82) is 0 Å². The molecule has 0 atom stereocenters. The van der Waals surface area contributed by atoms with Gasteiger partial charge in [-0.15, -0.1) is 5.54 Å². The van der Waals surface area contributed by atoms with E-state index in [9.17, 15) is 4.39 Å².